The lowest BCUT2D eigenvalue weighted by molar-refractivity contribution is -0.112. The average Bonchev–Trinajstić information content (AvgIpc) is 2.65. The van der Waals surface area contributed by atoms with Crippen molar-refractivity contribution in [3.05, 3.63) is 83.4 Å². The molecule has 0 aliphatic rings. The van der Waals surface area contributed by atoms with Crippen molar-refractivity contribution in [1.29, 1.82) is 0 Å². The van der Waals surface area contributed by atoms with Crippen molar-refractivity contribution >= 4 is 29.0 Å². The van der Waals surface area contributed by atoms with Crippen molar-refractivity contribution in [3.8, 4) is 11.1 Å². The summed E-state index contributed by atoms with van der Waals surface area (Å²) < 4.78 is 0. The van der Waals surface area contributed by atoms with E-state index in [-0.39, 0.29) is 5.91 Å². The van der Waals surface area contributed by atoms with Crippen molar-refractivity contribution in [2.75, 3.05) is 16.8 Å². The molecule has 3 rings (SSSR count). The minimum atomic E-state index is -0.134. The Bertz CT molecular complexity index is 987. The summed E-state index contributed by atoms with van der Waals surface area (Å²) in [7, 11) is 0. The van der Waals surface area contributed by atoms with Gasteiger partial charge in [0.2, 0.25) is 0 Å². The summed E-state index contributed by atoms with van der Waals surface area (Å²) in [6, 6.07) is 21.3. The van der Waals surface area contributed by atoms with Crippen LogP contribution in [-0.2, 0) is 4.79 Å². The van der Waals surface area contributed by atoms with Gasteiger partial charge in [0.1, 0.15) is 0 Å². The van der Waals surface area contributed by atoms with E-state index in [1.165, 1.54) is 0 Å². The number of anilines is 3. The van der Waals surface area contributed by atoms with Gasteiger partial charge in [-0.3, -0.25) is 4.79 Å². The molecule has 0 unspecified atom stereocenters. The lowest BCUT2D eigenvalue weighted by Crippen LogP contribution is -2.13. The van der Waals surface area contributed by atoms with Crippen LogP contribution in [0.25, 0.3) is 17.2 Å². The van der Waals surface area contributed by atoms with Crippen LogP contribution >= 0.6 is 0 Å². The molecule has 0 spiro atoms. The van der Waals surface area contributed by atoms with Crippen LogP contribution < -0.4 is 16.8 Å². The maximum atomic E-state index is 12.5. The summed E-state index contributed by atoms with van der Waals surface area (Å²) in [5, 5.41) is 2.93. The molecule has 5 N–H and O–H groups in total. The van der Waals surface area contributed by atoms with Gasteiger partial charge in [-0.1, -0.05) is 36.4 Å². The highest BCUT2D eigenvalue weighted by Crippen LogP contribution is 2.22. The molecular formula is C23H23N3O. The number of nitrogen functional groups attached to an aromatic ring is 2. The number of carbonyl (C=O) groups excluding carboxylic acids is 1. The van der Waals surface area contributed by atoms with Crippen molar-refractivity contribution in [2.45, 2.75) is 13.8 Å². The molecule has 4 nitrogen and oxygen atoms in total. The van der Waals surface area contributed by atoms with Gasteiger partial charge in [-0.2, -0.15) is 0 Å². The SMILES string of the molecule is C/C(=C\c1ccc(-c2ccc(N)cc2)cc1)C(=O)Nc1ccc(N)cc1C. The first-order valence-corrected chi connectivity index (χ1v) is 8.74. The molecule has 0 aliphatic heterocycles. The molecule has 0 aromatic heterocycles. The smallest absolute Gasteiger partial charge is 0.251 e. The van der Waals surface area contributed by atoms with Gasteiger partial charge in [0.25, 0.3) is 5.91 Å². The van der Waals surface area contributed by atoms with Gasteiger partial charge < -0.3 is 16.8 Å². The number of benzene rings is 3. The Morgan fingerprint density at radius 3 is 2.00 bits per heavy atom. The van der Waals surface area contributed by atoms with Crippen LogP contribution in [0.2, 0.25) is 0 Å². The second kappa shape index (κ2) is 7.79. The van der Waals surface area contributed by atoms with Crippen LogP contribution in [0, 0.1) is 6.92 Å². The van der Waals surface area contributed by atoms with E-state index in [2.05, 4.69) is 5.32 Å². The van der Waals surface area contributed by atoms with Gasteiger partial charge in [-0.25, -0.2) is 0 Å². The highest BCUT2D eigenvalue weighted by molar-refractivity contribution is 6.06. The van der Waals surface area contributed by atoms with Gasteiger partial charge in [0, 0.05) is 22.6 Å². The number of hydrogen-bond donors (Lipinski definition) is 3. The lowest BCUT2D eigenvalue weighted by atomic mass is 10.0. The first-order valence-electron chi connectivity index (χ1n) is 8.74. The van der Waals surface area contributed by atoms with E-state index in [9.17, 15) is 4.79 Å². The van der Waals surface area contributed by atoms with Crippen molar-refractivity contribution in [1.82, 2.24) is 0 Å². The molecule has 0 fully saturated rings. The number of amides is 1. The molecule has 0 aliphatic carbocycles. The summed E-state index contributed by atoms with van der Waals surface area (Å²) in [4.78, 5) is 12.5. The third-order valence-electron chi connectivity index (χ3n) is 4.39. The number of nitrogens with two attached hydrogens (primary N) is 2. The topological polar surface area (TPSA) is 81.1 Å². The molecule has 136 valence electrons. The second-order valence-electron chi connectivity index (χ2n) is 6.60. The molecule has 0 saturated heterocycles. The molecule has 3 aromatic rings. The molecular weight excluding hydrogens is 334 g/mol. The van der Waals surface area contributed by atoms with Gasteiger partial charge in [0.15, 0.2) is 0 Å². The van der Waals surface area contributed by atoms with Gasteiger partial charge in [-0.05, 0) is 72.5 Å². The normalized spacial score (nSPS) is 11.3. The van der Waals surface area contributed by atoms with E-state index < -0.39 is 0 Å². The molecule has 0 radical (unpaired) electrons. The van der Waals surface area contributed by atoms with Crippen LogP contribution in [0.5, 0.6) is 0 Å². The molecule has 27 heavy (non-hydrogen) atoms. The summed E-state index contributed by atoms with van der Waals surface area (Å²) in [6.45, 7) is 3.72. The van der Waals surface area contributed by atoms with Gasteiger partial charge in [-0.15, -0.1) is 0 Å². The van der Waals surface area contributed by atoms with E-state index >= 15 is 0 Å². The molecule has 4 heteroatoms. The van der Waals surface area contributed by atoms with Gasteiger partial charge in [0.05, 0.1) is 0 Å². The van der Waals surface area contributed by atoms with Crippen LogP contribution in [0.3, 0.4) is 0 Å². The van der Waals surface area contributed by atoms with Crippen LogP contribution in [-0.4, -0.2) is 5.91 Å². The van der Waals surface area contributed by atoms with E-state index in [0.717, 1.165) is 33.6 Å². The fraction of sp³-hybridized carbons (Fsp3) is 0.0870. The summed E-state index contributed by atoms with van der Waals surface area (Å²) in [5.74, 6) is -0.134. The van der Waals surface area contributed by atoms with E-state index in [4.69, 9.17) is 11.5 Å². The maximum Gasteiger partial charge on any atom is 0.251 e. The number of aryl methyl sites for hydroxylation is 1. The fourth-order valence-corrected chi connectivity index (χ4v) is 2.81. The van der Waals surface area contributed by atoms with Gasteiger partial charge >= 0.3 is 0 Å². The Labute approximate surface area is 159 Å². The van der Waals surface area contributed by atoms with Crippen molar-refractivity contribution in [2.24, 2.45) is 0 Å². The molecule has 0 bridgehead atoms. The van der Waals surface area contributed by atoms with Crippen molar-refractivity contribution < 1.29 is 4.79 Å². The number of hydrogen-bond acceptors (Lipinski definition) is 3. The highest BCUT2D eigenvalue weighted by Gasteiger charge is 2.07. The minimum absolute atomic E-state index is 0.134. The molecule has 0 heterocycles. The van der Waals surface area contributed by atoms with Crippen LogP contribution in [0.15, 0.2) is 72.3 Å². The van der Waals surface area contributed by atoms with Crippen LogP contribution in [0.4, 0.5) is 17.1 Å². The summed E-state index contributed by atoms with van der Waals surface area (Å²) in [5.41, 5.74) is 18.4. The molecule has 3 aromatic carbocycles. The Hall–Kier alpha value is -3.53. The monoisotopic (exact) mass is 357 g/mol. The zero-order chi connectivity index (χ0) is 19.4. The Morgan fingerprint density at radius 1 is 0.852 bits per heavy atom. The first-order chi connectivity index (χ1) is 12.9. The van der Waals surface area contributed by atoms with Crippen molar-refractivity contribution in [3.63, 3.8) is 0 Å². The van der Waals surface area contributed by atoms with E-state index in [1.54, 1.807) is 13.0 Å². The number of nitrogens with one attached hydrogen (secondary N) is 1. The highest BCUT2D eigenvalue weighted by atomic mass is 16.1. The largest absolute Gasteiger partial charge is 0.399 e. The molecule has 0 atom stereocenters. The predicted octanol–water partition coefficient (Wildman–Crippen LogP) is 4.87. The number of rotatable bonds is 4. The summed E-state index contributed by atoms with van der Waals surface area (Å²) >= 11 is 0. The van der Waals surface area contributed by atoms with E-state index in [1.807, 2.05) is 73.7 Å². The minimum Gasteiger partial charge on any atom is -0.399 e. The molecule has 0 saturated carbocycles. The predicted molar refractivity (Wildman–Crippen MR) is 114 cm³/mol. The molecule has 1 amide bonds. The zero-order valence-corrected chi connectivity index (χ0v) is 15.5. The standard InChI is InChI=1S/C23H23N3O/c1-15-14-21(25)11-12-22(15)26-23(27)16(2)13-17-3-5-18(6-4-17)19-7-9-20(24)10-8-19/h3-14H,24-25H2,1-2H3,(H,26,27)/b16-13+. The quantitative estimate of drug-likeness (QED) is 0.460. The lowest BCUT2D eigenvalue weighted by Gasteiger charge is -2.09. The third-order valence-corrected chi connectivity index (χ3v) is 4.39. The number of carbonyl (C=O) groups is 1. The maximum absolute atomic E-state index is 12.5. The summed E-state index contributed by atoms with van der Waals surface area (Å²) in [6.07, 6.45) is 1.87. The Balaban J connectivity index is 1.73. The third kappa shape index (κ3) is 4.55. The fourth-order valence-electron chi connectivity index (χ4n) is 2.81. The average molecular weight is 357 g/mol. The zero-order valence-electron chi connectivity index (χ0n) is 15.5. The first kappa shape index (κ1) is 18.3. The Morgan fingerprint density at radius 2 is 1.41 bits per heavy atom. The van der Waals surface area contributed by atoms with E-state index in [0.29, 0.717) is 11.3 Å². The Kier molecular flexibility index (Phi) is 5.27. The second-order valence-corrected chi connectivity index (χ2v) is 6.60. The van der Waals surface area contributed by atoms with Crippen LogP contribution in [0.1, 0.15) is 18.1 Å².